The van der Waals surface area contributed by atoms with Gasteiger partial charge >= 0.3 is 0 Å². The lowest BCUT2D eigenvalue weighted by Gasteiger charge is -2.11. The standard InChI is InChI=1S/C6H12FN/c1-5-3-6(7)4-8(5)2/h5-6H,3-4H2,1-2H3/t5-,6-/m1/s1. The summed E-state index contributed by atoms with van der Waals surface area (Å²) < 4.78 is 12.4. The molecule has 0 saturated carbocycles. The SMILES string of the molecule is C[C@@H]1C[C@@H](F)CN1C. The van der Waals surface area contributed by atoms with E-state index < -0.39 is 6.17 Å². The summed E-state index contributed by atoms with van der Waals surface area (Å²) in [5.74, 6) is 0. The van der Waals surface area contributed by atoms with Crippen LogP contribution in [0.1, 0.15) is 13.3 Å². The molecule has 1 fully saturated rings. The maximum Gasteiger partial charge on any atom is 0.114 e. The van der Waals surface area contributed by atoms with Gasteiger partial charge in [0, 0.05) is 12.6 Å². The van der Waals surface area contributed by atoms with E-state index in [2.05, 4.69) is 6.92 Å². The molecule has 0 aromatic carbocycles. The summed E-state index contributed by atoms with van der Waals surface area (Å²) in [4.78, 5) is 2.05. The average molecular weight is 117 g/mol. The van der Waals surface area contributed by atoms with Crippen LogP contribution in [0.3, 0.4) is 0 Å². The highest BCUT2D eigenvalue weighted by Crippen LogP contribution is 2.16. The van der Waals surface area contributed by atoms with Gasteiger partial charge in [-0.05, 0) is 20.4 Å². The topological polar surface area (TPSA) is 3.24 Å². The van der Waals surface area contributed by atoms with Gasteiger partial charge in [0.15, 0.2) is 0 Å². The molecule has 0 N–H and O–H groups in total. The van der Waals surface area contributed by atoms with Crippen LogP contribution in [0.5, 0.6) is 0 Å². The van der Waals surface area contributed by atoms with Gasteiger partial charge in [-0.2, -0.15) is 0 Å². The maximum atomic E-state index is 12.4. The lowest BCUT2D eigenvalue weighted by molar-refractivity contribution is 0.303. The number of hydrogen-bond acceptors (Lipinski definition) is 1. The van der Waals surface area contributed by atoms with Crippen molar-refractivity contribution >= 4 is 0 Å². The monoisotopic (exact) mass is 117 g/mol. The van der Waals surface area contributed by atoms with Crippen molar-refractivity contribution in [3.05, 3.63) is 0 Å². The zero-order valence-electron chi connectivity index (χ0n) is 5.39. The van der Waals surface area contributed by atoms with Crippen LogP contribution in [0.2, 0.25) is 0 Å². The second-order valence-corrected chi connectivity index (χ2v) is 2.62. The number of halogens is 1. The first-order valence-corrected chi connectivity index (χ1v) is 3.04. The summed E-state index contributed by atoms with van der Waals surface area (Å²) in [6, 6.07) is 0.449. The van der Waals surface area contributed by atoms with Gasteiger partial charge in [-0.3, -0.25) is 0 Å². The summed E-state index contributed by atoms with van der Waals surface area (Å²) in [6.45, 7) is 2.68. The van der Waals surface area contributed by atoms with Crippen molar-refractivity contribution < 1.29 is 4.39 Å². The lowest BCUT2D eigenvalue weighted by Crippen LogP contribution is -2.21. The molecule has 0 spiro atoms. The molecule has 0 aliphatic carbocycles. The van der Waals surface area contributed by atoms with Crippen LogP contribution in [0, 0.1) is 0 Å². The second kappa shape index (κ2) is 2.02. The van der Waals surface area contributed by atoms with Crippen molar-refractivity contribution in [1.82, 2.24) is 4.90 Å². The number of rotatable bonds is 0. The molecule has 1 nitrogen and oxygen atoms in total. The maximum absolute atomic E-state index is 12.4. The van der Waals surface area contributed by atoms with Gasteiger partial charge in [0.1, 0.15) is 6.17 Å². The highest BCUT2D eigenvalue weighted by Gasteiger charge is 2.24. The third-order valence-electron chi connectivity index (χ3n) is 1.84. The Morgan fingerprint density at radius 3 is 2.38 bits per heavy atom. The van der Waals surface area contributed by atoms with Crippen molar-refractivity contribution in [1.29, 1.82) is 0 Å². The molecular formula is C6H12FN. The Hall–Kier alpha value is -0.110. The van der Waals surface area contributed by atoms with Crippen molar-refractivity contribution in [2.24, 2.45) is 0 Å². The largest absolute Gasteiger partial charge is 0.301 e. The molecule has 2 atom stereocenters. The molecule has 8 heavy (non-hydrogen) atoms. The average Bonchev–Trinajstić information content (AvgIpc) is 1.85. The number of likely N-dealkylation sites (tertiary alicyclic amines) is 1. The van der Waals surface area contributed by atoms with E-state index in [1.165, 1.54) is 0 Å². The molecule has 0 radical (unpaired) electrons. The van der Waals surface area contributed by atoms with Gasteiger partial charge in [-0.1, -0.05) is 0 Å². The fourth-order valence-electron chi connectivity index (χ4n) is 1.12. The van der Waals surface area contributed by atoms with Crippen molar-refractivity contribution in [3.8, 4) is 0 Å². The minimum absolute atomic E-state index is 0.449. The first-order valence-electron chi connectivity index (χ1n) is 3.04. The Morgan fingerprint density at radius 1 is 1.62 bits per heavy atom. The van der Waals surface area contributed by atoms with Crippen molar-refractivity contribution in [2.45, 2.75) is 25.6 Å². The van der Waals surface area contributed by atoms with E-state index in [1.807, 2.05) is 11.9 Å². The normalized spacial score (nSPS) is 40.9. The molecule has 1 heterocycles. The van der Waals surface area contributed by atoms with Gasteiger partial charge in [0.05, 0.1) is 0 Å². The Bertz CT molecular complexity index is 74.6. The van der Waals surface area contributed by atoms with E-state index in [0.29, 0.717) is 12.6 Å². The zero-order chi connectivity index (χ0) is 6.15. The molecule has 48 valence electrons. The van der Waals surface area contributed by atoms with Crippen LogP contribution in [-0.2, 0) is 0 Å². The van der Waals surface area contributed by atoms with Crippen LogP contribution in [0.25, 0.3) is 0 Å². The van der Waals surface area contributed by atoms with E-state index in [4.69, 9.17) is 0 Å². The van der Waals surface area contributed by atoms with E-state index in [0.717, 1.165) is 6.42 Å². The van der Waals surface area contributed by atoms with Gasteiger partial charge in [0.2, 0.25) is 0 Å². The van der Waals surface area contributed by atoms with E-state index in [9.17, 15) is 4.39 Å². The van der Waals surface area contributed by atoms with Crippen LogP contribution in [0.15, 0.2) is 0 Å². The number of alkyl halides is 1. The van der Waals surface area contributed by atoms with Crippen LogP contribution >= 0.6 is 0 Å². The third-order valence-corrected chi connectivity index (χ3v) is 1.84. The molecule has 2 heteroatoms. The molecule has 1 aliphatic heterocycles. The van der Waals surface area contributed by atoms with E-state index in [1.54, 1.807) is 0 Å². The summed E-state index contributed by atoms with van der Waals surface area (Å²) in [6.07, 6.45) is 0.145. The van der Waals surface area contributed by atoms with Gasteiger partial charge in [0.25, 0.3) is 0 Å². The molecule has 1 saturated heterocycles. The predicted octanol–water partition coefficient (Wildman–Crippen LogP) is 1.05. The Labute approximate surface area is 49.5 Å². The van der Waals surface area contributed by atoms with Crippen LogP contribution in [0.4, 0.5) is 4.39 Å². The lowest BCUT2D eigenvalue weighted by atomic mass is 10.2. The Kier molecular flexibility index (Phi) is 1.52. The quantitative estimate of drug-likeness (QED) is 0.458. The molecule has 0 amide bonds. The van der Waals surface area contributed by atoms with E-state index >= 15 is 0 Å². The Morgan fingerprint density at radius 2 is 2.25 bits per heavy atom. The minimum atomic E-state index is -0.574. The summed E-state index contributed by atoms with van der Waals surface area (Å²) in [5, 5.41) is 0. The molecule has 0 aromatic rings. The molecule has 0 bridgehead atoms. The zero-order valence-corrected chi connectivity index (χ0v) is 5.39. The first-order chi connectivity index (χ1) is 3.70. The third kappa shape index (κ3) is 0.996. The summed E-state index contributed by atoms with van der Waals surface area (Å²) in [7, 11) is 1.96. The molecular weight excluding hydrogens is 105 g/mol. The molecule has 1 rings (SSSR count). The second-order valence-electron chi connectivity index (χ2n) is 2.62. The Balaban J connectivity index is 2.39. The predicted molar refractivity (Wildman–Crippen MR) is 31.6 cm³/mol. The molecule has 0 aromatic heterocycles. The van der Waals surface area contributed by atoms with Gasteiger partial charge in [-0.25, -0.2) is 4.39 Å². The molecule has 1 aliphatic rings. The minimum Gasteiger partial charge on any atom is -0.301 e. The van der Waals surface area contributed by atoms with Crippen LogP contribution in [-0.4, -0.2) is 30.7 Å². The summed E-state index contributed by atoms with van der Waals surface area (Å²) >= 11 is 0. The van der Waals surface area contributed by atoms with Gasteiger partial charge < -0.3 is 4.90 Å². The van der Waals surface area contributed by atoms with Gasteiger partial charge in [-0.15, -0.1) is 0 Å². The number of hydrogen-bond donors (Lipinski definition) is 0. The van der Waals surface area contributed by atoms with Crippen molar-refractivity contribution in [2.75, 3.05) is 13.6 Å². The highest BCUT2D eigenvalue weighted by molar-refractivity contribution is 4.79. The summed E-state index contributed by atoms with van der Waals surface area (Å²) in [5.41, 5.74) is 0. The van der Waals surface area contributed by atoms with Crippen LogP contribution < -0.4 is 0 Å². The first kappa shape index (κ1) is 6.02. The smallest absolute Gasteiger partial charge is 0.114 e. The number of nitrogens with zero attached hydrogens (tertiary/aromatic N) is 1. The van der Waals surface area contributed by atoms with Crippen molar-refractivity contribution in [3.63, 3.8) is 0 Å². The fraction of sp³-hybridized carbons (Fsp3) is 1.00. The highest BCUT2D eigenvalue weighted by atomic mass is 19.1. The molecule has 0 unspecified atom stereocenters. The van der Waals surface area contributed by atoms with E-state index in [-0.39, 0.29) is 0 Å². The fourth-order valence-corrected chi connectivity index (χ4v) is 1.12.